The average molecular weight is 487 g/mol. The maximum Gasteiger partial charge on any atom is 0.247 e. The number of aliphatic hydroxyl groups excluding tert-OH is 1. The van der Waals surface area contributed by atoms with E-state index >= 15 is 0 Å². The second-order valence-electron chi connectivity index (χ2n) is 9.76. The molecule has 2 aromatic carbocycles. The minimum Gasteiger partial charge on any atom is -0.487 e. The van der Waals surface area contributed by atoms with Crippen molar-refractivity contribution < 1.29 is 23.1 Å². The normalized spacial score (nSPS) is 23.2. The third-order valence-corrected chi connectivity index (χ3v) is 8.83. The topological polar surface area (TPSA) is 87.2 Å². The van der Waals surface area contributed by atoms with Crippen LogP contribution in [-0.4, -0.2) is 67.5 Å². The highest BCUT2D eigenvalue weighted by Gasteiger charge is 2.39. The summed E-state index contributed by atoms with van der Waals surface area (Å²) in [5.41, 5.74) is 2.95. The molecule has 1 heterocycles. The minimum atomic E-state index is -3.90. The minimum absolute atomic E-state index is 0.0803. The summed E-state index contributed by atoms with van der Waals surface area (Å²) in [5, 5.41) is 9.79. The molecule has 8 heteroatoms. The largest absolute Gasteiger partial charge is 0.487 e. The lowest BCUT2D eigenvalue weighted by molar-refractivity contribution is -0.132. The van der Waals surface area contributed by atoms with Gasteiger partial charge in [0.05, 0.1) is 13.2 Å². The number of rotatable bonds is 6. The Kier molecular flexibility index (Phi) is 7.03. The van der Waals surface area contributed by atoms with Gasteiger partial charge in [-0.15, -0.1) is 0 Å². The number of amides is 1. The van der Waals surface area contributed by atoms with E-state index in [9.17, 15) is 18.3 Å². The highest BCUT2D eigenvalue weighted by atomic mass is 32.2. The van der Waals surface area contributed by atoms with Gasteiger partial charge < -0.3 is 14.7 Å². The number of hydrogen-bond donors (Lipinski definition) is 1. The maximum atomic E-state index is 13.6. The number of nitrogens with zero attached hydrogens (tertiary/aromatic N) is 2. The van der Waals surface area contributed by atoms with Crippen LogP contribution in [0.4, 0.5) is 0 Å². The number of fused-ring (bicyclic) bond motifs is 1. The Hall–Kier alpha value is -2.42. The molecule has 4 rings (SSSR count). The smallest absolute Gasteiger partial charge is 0.247 e. The van der Waals surface area contributed by atoms with E-state index in [1.807, 2.05) is 38.1 Å². The summed E-state index contributed by atoms with van der Waals surface area (Å²) in [4.78, 5) is 14.4. The van der Waals surface area contributed by atoms with Gasteiger partial charge in [-0.25, -0.2) is 8.42 Å². The Bertz CT molecular complexity index is 1140. The zero-order valence-electron chi connectivity index (χ0n) is 20.3. The van der Waals surface area contributed by atoms with Gasteiger partial charge >= 0.3 is 0 Å². The lowest BCUT2D eigenvalue weighted by atomic mass is 10.0. The SMILES string of the molecule is Cc1ccc(-c2ccc3c(c2)O[C@H](CN(C)C(=O)C2CC2)[C@H](C)CN([C@@H](C)CO)S3(=O)=O)cc1. The fourth-order valence-corrected chi connectivity index (χ4v) is 6.20. The van der Waals surface area contributed by atoms with Crippen molar-refractivity contribution in [2.75, 3.05) is 26.7 Å². The second-order valence-corrected chi connectivity index (χ2v) is 11.6. The summed E-state index contributed by atoms with van der Waals surface area (Å²) in [6, 6.07) is 12.6. The Balaban J connectivity index is 1.76. The molecule has 0 aromatic heterocycles. The van der Waals surface area contributed by atoms with Crippen molar-refractivity contribution in [2.45, 2.75) is 50.7 Å². The molecule has 0 saturated heterocycles. The van der Waals surface area contributed by atoms with Gasteiger partial charge in [0.2, 0.25) is 15.9 Å². The molecule has 7 nitrogen and oxygen atoms in total. The third kappa shape index (κ3) is 4.99. The van der Waals surface area contributed by atoms with Gasteiger partial charge in [-0.2, -0.15) is 4.31 Å². The Morgan fingerprint density at radius 1 is 1.18 bits per heavy atom. The molecule has 184 valence electrons. The third-order valence-electron chi connectivity index (χ3n) is 6.81. The lowest BCUT2D eigenvalue weighted by Gasteiger charge is -2.37. The maximum absolute atomic E-state index is 13.6. The number of benzene rings is 2. The Labute approximate surface area is 202 Å². The number of sulfonamides is 1. The standard InChI is InChI=1S/C26H34N2O5S/c1-17-5-7-20(8-6-17)22-11-12-25-23(13-22)33-24(15-27(4)26(30)21-9-10-21)18(2)14-28(19(3)16-29)34(25,31)32/h5-8,11-13,18-19,21,24,29H,9-10,14-16H2,1-4H3/t18-,19+,24-/m1/s1. The van der Waals surface area contributed by atoms with E-state index in [2.05, 4.69) is 0 Å². The average Bonchev–Trinajstić information content (AvgIpc) is 3.66. The van der Waals surface area contributed by atoms with Crippen molar-refractivity contribution in [2.24, 2.45) is 11.8 Å². The van der Waals surface area contributed by atoms with Crippen molar-refractivity contribution in [1.29, 1.82) is 0 Å². The molecule has 1 saturated carbocycles. The number of carbonyl (C=O) groups excluding carboxylic acids is 1. The summed E-state index contributed by atoms with van der Waals surface area (Å²) in [5.74, 6) is 0.284. The first kappa shape index (κ1) is 24.7. The highest BCUT2D eigenvalue weighted by Crippen LogP contribution is 2.37. The molecule has 1 N–H and O–H groups in total. The Morgan fingerprint density at radius 2 is 1.82 bits per heavy atom. The number of hydrogen-bond acceptors (Lipinski definition) is 5. The molecule has 1 amide bonds. The van der Waals surface area contributed by atoms with Crippen LogP contribution in [0.2, 0.25) is 0 Å². The highest BCUT2D eigenvalue weighted by molar-refractivity contribution is 7.89. The molecule has 2 aromatic rings. The Morgan fingerprint density at radius 3 is 2.44 bits per heavy atom. The van der Waals surface area contributed by atoms with Crippen LogP contribution in [0.15, 0.2) is 47.4 Å². The van der Waals surface area contributed by atoms with Crippen LogP contribution in [0, 0.1) is 18.8 Å². The van der Waals surface area contributed by atoms with Crippen molar-refractivity contribution in [1.82, 2.24) is 9.21 Å². The van der Waals surface area contributed by atoms with Gasteiger partial charge in [0.15, 0.2) is 0 Å². The van der Waals surface area contributed by atoms with E-state index in [1.54, 1.807) is 37.1 Å². The predicted molar refractivity (Wildman–Crippen MR) is 131 cm³/mol. The van der Waals surface area contributed by atoms with Crippen LogP contribution in [0.25, 0.3) is 11.1 Å². The molecule has 1 fully saturated rings. The molecule has 0 spiro atoms. The van der Waals surface area contributed by atoms with E-state index in [4.69, 9.17) is 4.74 Å². The van der Waals surface area contributed by atoms with Gasteiger partial charge in [0, 0.05) is 31.5 Å². The van der Waals surface area contributed by atoms with Crippen LogP contribution in [0.3, 0.4) is 0 Å². The molecular weight excluding hydrogens is 452 g/mol. The number of aliphatic hydroxyl groups is 1. The number of carbonyl (C=O) groups is 1. The van der Waals surface area contributed by atoms with Crippen LogP contribution in [0.1, 0.15) is 32.3 Å². The fourth-order valence-electron chi connectivity index (χ4n) is 4.37. The van der Waals surface area contributed by atoms with Crippen molar-refractivity contribution >= 4 is 15.9 Å². The lowest BCUT2D eigenvalue weighted by Crippen LogP contribution is -2.50. The van der Waals surface area contributed by atoms with E-state index in [0.717, 1.165) is 29.5 Å². The zero-order chi connectivity index (χ0) is 24.6. The van der Waals surface area contributed by atoms with Crippen molar-refractivity contribution in [3.8, 4) is 16.9 Å². The summed E-state index contributed by atoms with van der Waals surface area (Å²) >= 11 is 0. The monoisotopic (exact) mass is 486 g/mol. The quantitative estimate of drug-likeness (QED) is 0.677. The van der Waals surface area contributed by atoms with Crippen molar-refractivity contribution in [3.63, 3.8) is 0 Å². The molecule has 34 heavy (non-hydrogen) atoms. The van der Waals surface area contributed by atoms with Gasteiger partial charge in [0.25, 0.3) is 0 Å². The number of likely N-dealkylation sites (N-methyl/N-ethyl adjacent to an activating group) is 1. The molecule has 2 aliphatic rings. The van der Waals surface area contributed by atoms with Gasteiger partial charge in [-0.1, -0.05) is 42.8 Å². The van der Waals surface area contributed by atoms with Crippen LogP contribution in [0.5, 0.6) is 5.75 Å². The fraction of sp³-hybridized carbons (Fsp3) is 0.500. The van der Waals surface area contributed by atoms with Crippen LogP contribution in [-0.2, 0) is 14.8 Å². The van der Waals surface area contributed by atoms with E-state index in [0.29, 0.717) is 6.54 Å². The first-order valence-electron chi connectivity index (χ1n) is 11.9. The molecular formula is C26H34N2O5S. The van der Waals surface area contributed by atoms with Gasteiger partial charge in [0.1, 0.15) is 16.7 Å². The summed E-state index contributed by atoms with van der Waals surface area (Å²) in [7, 11) is -2.11. The molecule has 1 aliphatic heterocycles. The molecule has 1 aliphatic carbocycles. The molecule has 0 unspecified atom stereocenters. The number of aryl methyl sites for hydroxylation is 1. The molecule has 3 atom stereocenters. The van der Waals surface area contributed by atoms with E-state index in [-0.39, 0.29) is 41.5 Å². The summed E-state index contributed by atoms with van der Waals surface area (Å²) in [6.07, 6.45) is 1.45. The second kappa shape index (κ2) is 9.68. The number of ether oxygens (including phenoxy) is 1. The molecule has 0 radical (unpaired) electrons. The van der Waals surface area contributed by atoms with Gasteiger partial charge in [-0.05, 0) is 49.9 Å². The predicted octanol–water partition coefficient (Wildman–Crippen LogP) is 3.30. The molecule has 0 bridgehead atoms. The van der Waals surface area contributed by atoms with Crippen LogP contribution < -0.4 is 4.74 Å². The van der Waals surface area contributed by atoms with Crippen LogP contribution >= 0.6 is 0 Å². The van der Waals surface area contributed by atoms with E-state index in [1.165, 1.54) is 4.31 Å². The van der Waals surface area contributed by atoms with Crippen molar-refractivity contribution in [3.05, 3.63) is 48.0 Å². The zero-order valence-corrected chi connectivity index (χ0v) is 21.1. The summed E-state index contributed by atoms with van der Waals surface area (Å²) in [6.45, 7) is 5.93. The first-order chi connectivity index (χ1) is 16.1. The van der Waals surface area contributed by atoms with E-state index < -0.39 is 22.2 Å². The first-order valence-corrected chi connectivity index (χ1v) is 13.3. The summed E-state index contributed by atoms with van der Waals surface area (Å²) < 4.78 is 35.0. The van der Waals surface area contributed by atoms with Gasteiger partial charge in [-0.3, -0.25) is 4.79 Å².